The van der Waals surface area contributed by atoms with E-state index in [1.165, 1.54) is 0 Å². The van der Waals surface area contributed by atoms with Crippen molar-refractivity contribution in [1.82, 2.24) is 10.6 Å². The summed E-state index contributed by atoms with van der Waals surface area (Å²) in [5, 5.41) is 13.9. The second kappa shape index (κ2) is 9.09. The van der Waals surface area contributed by atoms with Crippen LogP contribution in [0.2, 0.25) is 0 Å². The number of amides is 2. The normalized spacial score (nSPS) is 11.8. The lowest BCUT2D eigenvalue weighted by atomic mass is 10.2. The third kappa shape index (κ3) is 6.17. The van der Waals surface area contributed by atoms with Crippen LogP contribution in [0.4, 0.5) is 8.78 Å². The van der Waals surface area contributed by atoms with E-state index in [0.29, 0.717) is 18.9 Å². The monoisotopic (exact) mass is 314 g/mol. The number of hydrogen-bond acceptors (Lipinski definition) is 3. The maximum Gasteiger partial charge on any atom is 0.254 e. The van der Waals surface area contributed by atoms with Gasteiger partial charge in [0.1, 0.15) is 11.6 Å². The van der Waals surface area contributed by atoms with E-state index >= 15 is 0 Å². The lowest BCUT2D eigenvalue weighted by molar-refractivity contribution is -0.121. The van der Waals surface area contributed by atoms with Crippen LogP contribution in [0.1, 0.15) is 36.5 Å². The molecular weight excluding hydrogens is 294 g/mol. The number of aliphatic hydroxyl groups excluding tert-OH is 1. The second-order valence-corrected chi connectivity index (χ2v) is 4.96. The van der Waals surface area contributed by atoms with Crippen molar-refractivity contribution in [3.63, 3.8) is 0 Å². The molecular formula is C15H20F2N2O3. The molecule has 0 saturated heterocycles. The van der Waals surface area contributed by atoms with E-state index in [1.807, 2.05) is 0 Å². The Morgan fingerprint density at radius 2 is 2.05 bits per heavy atom. The van der Waals surface area contributed by atoms with Gasteiger partial charge in [0.15, 0.2) is 0 Å². The van der Waals surface area contributed by atoms with Crippen molar-refractivity contribution in [1.29, 1.82) is 0 Å². The molecule has 0 spiro atoms. The predicted molar refractivity (Wildman–Crippen MR) is 77.2 cm³/mol. The molecule has 1 atom stereocenters. The molecule has 3 N–H and O–H groups in total. The average molecular weight is 314 g/mol. The van der Waals surface area contributed by atoms with Crippen molar-refractivity contribution in [2.24, 2.45) is 0 Å². The van der Waals surface area contributed by atoms with E-state index in [4.69, 9.17) is 5.11 Å². The second-order valence-electron chi connectivity index (χ2n) is 4.96. The first-order valence-electron chi connectivity index (χ1n) is 7.07. The van der Waals surface area contributed by atoms with Crippen LogP contribution in [-0.2, 0) is 4.79 Å². The van der Waals surface area contributed by atoms with Crippen molar-refractivity contribution in [3.8, 4) is 0 Å². The van der Waals surface area contributed by atoms with Gasteiger partial charge in [-0.1, -0.05) is 0 Å². The quantitative estimate of drug-likeness (QED) is 0.634. The maximum absolute atomic E-state index is 13.4. The van der Waals surface area contributed by atoms with Crippen molar-refractivity contribution in [2.75, 3.05) is 13.2 Å². The molecule has 7 heteroatoms. The zero-order valence-corrected chi connectivity index (χ0v) is 12.4. The summed E-state index contributed by atoms with van der Waals surface area (Å²) < 4.78 is 26.1. The summed E-state index contributed by atoms with van der Waals surface area (Å²) in [4.78, 5) is 23.2. The highest BCUT2D eigenvalue weighted by Gasteiger charge is 2.12. The standard InChI is InChI=1S/C15H20F2N2O3/c1-10(6-8-20)19-14(21)3-2-7-18-15(22)12-5-4-11(16)9-13(12)17/h4-5,9-10,20H,2-3,6-8H2,1H3,(H,18,22)(H,19,21). The highest BCUT2D eigenvalue weighted by Crippen LogP contribution is 2.09. The Hall–Kier alpha value is -2.02. The fourth-order valence-corrected chi connectivity index (χ4v) is 1.83. The third-order valence-corrected chi connectivity index (χ3v) is 3.01. The average Bonchev–Trinajstić information content (AvgIpc) is 2.43. The van der Waals surface area contributed by atoms with E-state index in [1.54, 1.807) is 6.92 Å². The Labute approximate surface area is 127 Å². The molecule has 0 bridgehead atoms. The maximum atomic E-state index is 13.4. The van der Waals surface area contributed by atoms with Gasteiger partial charge in [0, 0.05) is 31.7 Å². The number of carbonyl (C=O) groups is 2. The van der Waals surface area contributed by atoms with Crippen molar-refractivity contribution in [2.45, 2.75) is 32.2 Å². The molecule has 0 aliphatic rings. The minimum atomic E-state index is -0.923. The van der Waals surface area contributed by atoms with E-state index in [0.717, 1.165) is 12.1 Å². The first-order chi connectivity index (χ1) is 10.4. The molecule has 22 heavy (non-hydrogen) atoms. The summed E-state index contributed by atoms with van der Waals surface area (Å²) in [5.41, 5.74) is -0.234. The Bertz CT molecular complexity index is 524. The zero-order chi connectivity index (χ0) is 16.5. The number of benzene rings is 1. The van der Waals surface area contributed by atoms with Crippen LogP contribution in [0.15, 0.2) is 18.2 Å². The summed E-state index contributed by atoms with van der Waals surface area (Å²) in [6, 6.07) is 2.61. The van der Waals surface area contributed by atoms with Crippen LogP contribution >= 0.6 is 0 Å². The van der Waals surface area contributed by atoms with E-state index < -0.39 is 17.5 Å². The molecule has 1 aromatic carbocycles. The molecule has 0 aromatic heterocycles. The number of aliphatic hydroxyl groups is 1. The van der Waals surface area contributed by atoms with Gasteiger partial charge < -0.3 is 15.7 Å². The van der Waals surface area contributed by atoms with Gasteiger partial charge in [0.05, 0.1) is 5.56 Å². The smallest absolute Gasteiger partial charge is 0.254 e. The van der Waals surface area contributed by atoms with Gasteiger partial charge >= 0.3 is 0 Å². The topological polar surface area (TPSA) is 78.4 Å². The van der Waals surface area contributed by atoms with Crippen molar-refractivity contribution < 1.29 is 23.5 Å². The largest absolute Gasteiger partial charge is 0.396 e. The van der Waals surface area contributed by atoms with Gasteiger partial charge in [0.25, 0.3) is 5.91 Å². The number of rotatable bonds is 8. The molecule has 1 rings (SSSR count). The summed E-state index contributed by atoms with van der Waals surface area (Å²) in [7, 11) is 0. The van der Waals surface area contributed by atoms with Crippen LogP contribution in [0.25, 0.3) is 0 Å². The molecule has 0 fully saturated rings. The Kier molecular flexibility index (Phi) is 7.45. The van der Waals surface area contributed by atoms with Gasteiger partial charge in [-0.15, -0.1) is 0 Å². The SMILES string of the molecule is CC(CCO)NC(=O)CCCNC(=O)c1ccc(F)cc1F. The van der Waals surface area contributed by atoms with Gasteiger partial charge in [-0.2, -0.15) is 0 Å². The Balaban J connectivity index is 2.29. The van der Waals surface area contributed by atoms with Gasteiger partial charge in [0.2, 0.25) is 5.91 Å². The highest BCUT2D eigenvalue weighted by atomic mass is 19.1. The summed E-state index contributed by atoms with van der Waals surface area (Å²) >= 11 is 0. The molecule has 122 valence electrons. The Morgan fingerprint density at radius 3 is 2.68 bits per heavy atom. The number of nitrogens with one attached hydrogen (secondary N) is 2. The summed E-state index contributed by atoms with van der Waals surface area (Å²) in [6.45, 7) is 1.99. The third-order valence-electron chi connectivity index (χ3n) is 3.01. The summed E-state index contributed by atoms with van der Waals surface area (Å²) in [6.07, 6.45) is 1.08. The molecule has 0 aliphatic carbocycles. The molecule has 1 aromatic rings. The van der Waals surface area contributed by atoms with Gasteiger partial charge in [-0.05, 0) is 31.9 Å². The first kappa shape index (κ1) is 18.0. The van der Waals surface area contributed by atoms with Crippen LogP contribution in [0, 0.1) is 11.6 Å². The van der Waals surface area contributed by atoms with Crippen LogP contribution in [0.5, 0.6) is 0 Å². The lowest BCUT2D eigenvalue weighted by Gasteiger charge is -2.12. The van der Waals surface area contributed by atoms with E-state index in [-0.39, 0.29) is 37.1 Å². The predicted octanol–water partition coefficient (Wildman–Crippen LogP) is 1.36. The fraction of sp³-hybridized carbons (Fsp3) is 0.467. The van der Waals surface area contributed by atoms with Gasteiger partial charge in [-0.3, -0.25) is 9.59 Å². The van der Waals surface area contributed by atoms with Crippen LogP contribution in [-0.4, -0.2) is 36.1 Å². The number of halogens is 2. The Morgan fingerprint density at radius 1 is 1.32 bits per heavy atom. The molecule has 5 nitrogen and oxygen atoms in total. The van der Waals surface area contributed by atoms with Crippen molar-refractivity contribution >= 4 is 11.8 Å². The molecule has 0 saturated carbocycles. The zero-order valence-electron chi connectivity index (χ0n) is 12.4. The summed E-state index contributed by atoms with van der Waals surface area (Å²) in [5.74, 6) is -2.49. The van der Waals surface area contributed by atoms with E-state index in [9.17, 15) is 18.4 Å². The molecule has 2 amide bonds. The van der Waals surface area contributed by atoms with Crippen LogP contribution < -0.4 is 10.6 Å². The highest BCUT2D eigenvalue weighted by molar-refractivity contribution is 5.94. The van der Waals surface area contributed by atoms with Gasteiger partial charge in [-0.25, -0.2) is 8.78 Å². The number of hydrogen-bond donors (Lipinski definition) is 3. The number of carbonyl (C=O) groups excluding carboxylic acids is 2. The molecule has 0 aliphatic heterocycles. The van der Waals surface area contributed by atoms with E-state index in [2.05, 4.69) is 10.6 Å². The fourth-order valence-electron chi connectivity index (χ4n) is 1.83. The molecule has 1 unspecified atom stereocenters. The first-order valence-corrected chi connectivity index (χ1v) is 7.07. The lowest BCUT2D eigenvalue weighted by Crippen LogP contribution is -2.34. The van der Waals surface area contributed by atoms with Crippen molar-refractivity contribution in [3.05, 3.63) is 35.4 Å². The molecule has 0 heterocycles. The minimum absolute atomic E-state index is 0.000732. The molecule has 0 radical (unpaired) electrons. The minimum Gasteiger partial charge on any atom is -0.396 e. The van der Waals surface area contributed by atoms with Crippen LogP contribution in [0.3, 0.4) is 0 Å².